The molecule has 0 fully saturated rings. The minimum absolute atomic E-state index is 0.0484. The van der Waals surface area contributed by atoms with E-state index in [1.807, 2.05) is 6.92 Å². The molecule has 5 nitrogen and oxygen atoms in total. The molecular formula is C12H22N2O3S. The van der Waals surface area contributed by atoms with Crippen molar-refractivity contribution < 1.29 is 13.2 Å². The van der Waals surface area contributed by atoms with Crippen LogP contribution in [0.2, 0.25) is 0 Å². The summed E-state index contributed by atoms with van der Waals surface area (Å²) in [6.07, 6.45) is 7.19. The Bertz CT molecular complexity index is 415. The summed E-state index contributed by atoms with van der Waals surface area (Å²) in [4.78, 5) is 11.6. The van der Waals surface area contributed by atoms with Crippen LogP contribution in [0.15, 0.2) is 11.6 Å². The molecule has 0 aromatic carbocycles. The van der Waals surface area contributed by atoms with Crippen molar-refractivity contribution in [2.45, 2.75) is 51.5 Å². The zero-order valence-corrected chi connectivity index (χ0v) is 11.6. The first-order valence-corrected chi connectivity index (χ1v) is 8.09. The highest BCUT2D eigenvalue weighted by Gasteiger charge is 2.14. The molecule has 0 saturated carbocycles. The first-order chi connectivity index (χ1) is 8.38. The average Bonchev–Trinajstić information content (AvgIpc) is 2.28. The Hall–Kier alpha value is -0.880. The number of nitrogens with two attached hydrogens (primary N) is 1. The molecule has 0 saturated heterocycles. The Kier molecular flexibility index (Phi) is 5.81. The second-order valence-electron chi connectivity index (χ2n) is 4.78. The second kappa shape index (κ2) is 6.89. The van der Waals surface area contributed by atoms with E-state index < -0.39 is 10.0 Å². The van der Waals surface area contributed by atoms with Crippen molar-refractivity contribution >= 4 is 15.9 Å². The van der Waals surface area contributed by atoms with E-state index in [-0.39, 0.29) is 30.5 Å². The summed E-state index contributed by atoms with van der Waals surface area (Å²) in [6.45, 7) is 1.97. The minimum Gasteiger partial charge on any atom is -0.350 e. The summed E-state index contributed by atoms with van der Waals surface area (Å²) < 4.78 is 21.4. The van der Waals surface area contributed by atoms with E-state index in [0.29, 0.717) is 0 Å². The predicted molar refractivity (Wildman–Crippen MR) is 71.4 cm³/mol. The molecule has 0 aromatic rings. The molecule has 3 N–H and O–H groups in total. The summed E-state index contributed by atoms with van der Waals surface area (Å²) in [5.74, 6) is -0.255. The van der Waals surface area contributed by atoms with Crippen LogP contribution in [-0.2, 0) is 14.8 Å². The van der Waals surface area contributed by atoms with Crippen LogP contribution in [0.5, 0.6) is 0 Å². The van der Waals surface area contributed by atoms with Crippen LogP contribution in [0, 0.1) is 0 Å². The zero-order chi connectivity index (χ0) is 13.6. The molecular weight excluding hydrogens is 252 g/mol. The third-order valence-electron chi connectivity index (χ3n) is 3.09. The maximum absolute atomic E-state index is 11.6. The fraction of sp³-hybridized carbons (Fsp3) is 0.750. The van der Waals surface area contributed by atoms with E-state index >= 15 is 0 Å². The number of hydrogen-bond acceptors (Lipinski definition) is 3. The van der Waals surface area contributed by atoms with Crippen molar-refractivity contribution in [1.29, 1.82) is 0 Å². The fourth-order valence-corrected chi connectivity index (χ4v) is 2.64. The van der Waals surface area contributed by atoms with Gasteiger partial charge in [-0.05, 0) is 39.0 Å². The van der Waals surface area contributed by atoms with Crippen LogP contribution in [0.4, 0.5) is 0 Å². The third kappa shape index (κ3) is 6.16. The number of hydrogen-bond donors (Lipinski definition) is 2. The Morgan fingerprint density at radius 1 is 1.50 bits per heavy atom. The lowest BCUT2D eigenvalue weighted by atomic mass is 9.94. The van der Waals surface area contributed by atoms with Crippen LogP contribution >= 0.6 is 0 Å². The van der Waals surface area contributed by atoms with Crippen molar-refractivity contribution in [1.82, 2.24) is 5.32 Å². The molecule has 1 atom stereocenters. The van der Waals surface area contributed by atoms with Gasteiger partial charge in [0.25, 0.3) is 0 Å². The van der Waals surface area contributed by atoms with Gasteiger partial charge in [-0.3, -0.25) is 4.79 Å². The first-order valence-electron chi connectivity index (χ1n) is 6.37. The highest BCUT2D eigenvalue weighted by molar-refractivity contribution is 7.89. The Labute approximate surface area is 109 Å². The van der Waals surface area contributed by atoms with E-state index in [2.05, 4.69) is 11.4 Å². The Morgan fingerprint density at radius 2 is 2.22 bits per heavy atom. The number of rotatable bonds is 6. The van der Waals surface area contributed by atoms with Crippen molar-refractivity contribution in [3.8, 4) is 0 Å². The summed E-state index contributed by atoms with van der Waals surface area (Å²) in [6, 6.07) is 0.0484. The summed E-state index contributed by atoms with van der Waals surface area (Å²) in [5.41, 5.74) is 1.28. The largest absolute Gasteiger partial charge is 0.350 e. The number of carbonyl (C=O) groups is 1. The third-order valence-corrected chi connectivity index (χ3v) is 3.95. The van der Waals surface area contributed by atoms with Crippen LogP contribution in [-0.4, -0.2) is 26.1 Å². The highest BCUT2D eigenvalue weighted by atomic mass is 32.2. The summed E-state index contributed by atoms with van der Waals surface area (Å²) in [7, 11) is -3.46. The highest BCUT2D eigenvalue weighted by Crippen LogP contribution is 2.20. The van der Waals surface area contributed by atoms with E-state index in [9.17, 15) is 13.2 Å². The molecule has 0 unspecified atom stereocenters. The number of nitrogens with one attached hydrogen (secondary N) is 1. The molecule has 1 aliphatic carbocycles. The van der Waals surface area contributed by atoms with E-state index in [4.69, 9.17) is 5.14 Å². The van der Waals surface area contributed by atoms with Crippen LogP contribution in [0.25, 0.3) is 0 Å². The molecule has 0 heterocycles. The molecule has 6 heteroatoms. The number of carbonyl (C=O) groups excluding carboxylic acids is 1. The topological polar surface area (TPSA) is 89.3 Å². The lowest BCUT2D eigenvalue weighted by Gasteiger charge is -2.20. The molecule has 0 bridgehead atoms. The number of primary sulfonamides is 1. The smallest absolute Gasteiger partial charge is 0.220 e. The van der Waals surface area contributed by atoms with Gasteiger partial charge in [-0.25, -0.2) is 13.6 Å². The molecule has 1 aliphatic rings. The first kappa shape index (κ1) is 15.2. The standard InChI is InChI=1S/C12H22N2O3S/c1-10(11-6-3-2-4-7-11)14-12(15)8-5-9-18(13,16)17/h6,10H,2-5,7-9H2,1H3,(H,14,15)(H2,13,16,17)/t10-/m1/s1. The van der Waals surface area contributed by atoms with Gasteiger partial charge in [-0.15, -0.1) is 0 Å². The zero-order valence-electron chi connectivity index (χ0n) is 10.8. The molecule has 0 aromatic heterocycles. The Morgan fingerprint density at radius 3 is 2.78 bits per heavy atom. The monoisotopic (exact) mass is 274 g/mol. The molecule has 1 rings (SSSR count). The van der Waals surface area contributed by atoms with Gasteiger partial charge in [0.15, 0.2) is 0 Å². The molecule has 104 valence electrons. The number of allylic oxidation sites excluding steroid dienone is 1. The second-order valence-corrected chi connectivity index (χ2v) is 6.52. The Balaban J connectivity index is 2.29. The minimum atomic E-state index is -3.46. The van der Waals surface area contributed by atoms with Gasteiger partial charge in [0.1, 0.15) is 0 Å². The molecule has 0 radical (unpaired) electrons. The normalized spacial score (nSPS) is 18.0. The maximum atomic E-state index is 11.6. The summed E-state index contributed by atoms with van der Waals surface area (Å²) >= 11 is 0. The molecule has 18 heavy (non-hydrogen) atoms. The van der Waals surface area contributed by atoms with Crippen molar-refractivity contribution in [2.75, 3.05) is 5.75 Å². The van der Waals surface area contributed by atoms with Gasteiger partial charge in [0.05, 0.1) is 5.75 Å². The van der Waals surface area contributed by atoms with E-state index in [1.54, 1.807) is 0 Å². The lowest BCUT2D eigenvalue weighted by Crippen LogP contribution is -2.34. The van der Waals surface area contributed by atoms with Crippen LogP contribution in [0.3, 0.4) is 0 Å². The van der Waals surface area contributed by atoms with E-state index in [0.717, 1.165) is 12.8 Å². The van der Waals surface area contributed by atoms with E-state index in [1.165, 1.54) is 18.4 Å². The van der Waals surface area contributed by atoms with Crippen molar-refractivity contribution in [2.24, 2.45) is 5.14 Å². The van der Waals surface area contributed by atoms with Crippen molar-refractivity contribution in [3.63, 3.8) is 0 Å². The fourth-order valence-electron chi connectivity index (χ4n) is 2.10. The van der Waals surface area contributed by atoms with Gasteiger partial charge >= 0.3 is 0 Å². The average molecular weight is 274 g/mol. The SMILES string of the molecule is C[C@@H](NC(=O)CCCS(N)(=O)=O)C1=CCCCC1. The lowest BCUT2D eigenvalue weighted by molar-refractivity contribution is -0.121. The van der Waals surface area contributed by atoms with Gasteiger partial charge in [0, 0.05) is 12.5 Å². The van der Waals surface area contributed by atoms with Gasteiger partial charge in [0.2, 0.25) is 15.9 Å². The molecule has 0 aliphatic heterocycles. The van der Waals surface area contributed by atoms with Gasteiger partial charge in [-0.2, -0.15) is 0 Å². The van der Waals surface area contributed by atoms with Crippen LogP contribution in [0.1, 0.15) is 45.4 Å². The quantitative estimate of drug-likeness (QED) is 0.710. The summed E-state index contributed by atoms with van der Waals surface area (Å²) in [5, 5.41) is 7.76. The van der Waals surface area contributed by atoms with Crippen molar-refractivity contribution in [3.05, 3.63) is 11.6 Å². The molecule has 1 amide bonds. The maximum Gasteiger partial charge on any atom is 0.220 e. The van der Waals surface area contributed by atoms with Gasteiger partial charge in [-0.1, -0.05) is 11.6 Å². The number of sulfonamides is 1. The molecule has 0 spiro atoms. The van der Waals surface area contributed by atoms with Gasteiger partial charge < -0.3 is 5.32 Å². The van der Waals surface area contributed by atoms with Crippen LogP contribution < -0.4 is 10.5 Å². The predicted octanol–water partition coefficient (Wildman–Crippen LogP) is 1.06. The number of amides is 1.